The number of methoxy groups -OCH3 is 1. The molecule has 1 heteroatoms. The van der Waals surface area contributed by atoms with Crippen molar-refractivity contribution in [3.63, 3.8) is 0 Å². The average molecular weight is 264 g/mol. The van der Waals surface area contributed by atoms with Gasteiger partial charge in [0.25, 0.3) is 0 Å². The van der Waals surface area contributed by atoms with Crippen LogP contribution in [0.4, 0.5) is 0 Å². The summed E-state index contributed by atoms with van der Waals surface area (Å²) in [6, 6.07) is 11.4. The normalized spacial score (nSPS) is 16.1. The van der Waals surface area contributed by atoms with Gasteiger partial charge in [-0.25, -0.2) is 0 Å². The van der Waals surface area contributed by atoms with Crippen LogP contribution in [-0.4, -0.2) is 7.11 Å². The van der Waals surface area contributed by atoms with Crippen molar-refractivity contribution in [2.75, 3.05) is 7.11 Å². The van der Waals surface area contributed by atoms with E-state index in [-0.39, 0.29) is 0 Å². The lowest BCUT2D eigenvalue weighted by atomic mass is 9.80. The molecule has 0 fully saturated rings. The predicted octanol–water partition coefficient (Wildman–Crippen LogP) is 4.07. The van der Waals surface area contributed by atoms with Crippen molar-refractivity contribution in [1.82, 2.24) is 0 Å². The van der Waals surface area contributed by atoms with E-state index < -0.39 is 0 Å². The zero-order chi connectivity index (χ0) is 13.5. The maximum Gasteiger partial charge on any atom is 0.122 e. The van der Waals surface area contributed by atoms with Crippen LogP contribution in [0.1, 0.15) is 46.2 Å². The molecule has 2 aliphatic carbocycles. The Morgan fingerprint density at radius 1 is 0.800 bits per heavy atom. The number of aryl methyl sites for hydroxylation is 2. The monoisotopic (exact) mass is 264 g/mol. The molecule has 0 unspecified atom stereocenters. The van der Waals surface area contributed by atoms with E-state index in [4.69, 9.17) is 4.74 Å². The molecular formula is C19H20O. The number of hydrogen-bond acceptors (Lipinski definition) is 1. The average Bonchev–Trinajstić information content (AvgIpc) is 2.50. The molecule has 2 aromatic carbocycles. The van der Waals surface area contributed by atoms with Crippen LogP contribution < -0.4 is 4.74 Å². The van der Waals surface area contributed by atoms with E-state index in [9.17, 15) is 0 Å². The second kappa shape index (κ2) is 4.66. The van der Waals surface area contributed by atoms with E-state index in [1.807, 2.05) is 0 Å². The van der Waals surface area contributed by atoms with Crippen molar-refractivity contribution in [3.8, 4) is 5.75 Å². The Hall–Kier alpha value is -1.76. The fourth-order valence-corrected chi connectivity index (χ4v) is 3.78. The molecule has 0 spiro atoms. The van der Waals surface area contributed by atoms with E-state index in [0.29, 0.717) is 0 Å². The van der Waals surface area contributed by atoms with Crippen molar-refractivity contribution in [2.24, 2.45) is 0 Å². The summed E-state index contributed by atoms with van der Waals surface area (Å²) in [5, 5.41) is 0. The lowest BCUT2D eigenvalue weighted by molar-refractivity contribution is 0.409. The van der Waals surface area contributed by atoms with Gasteiger partial charge >= 0.3 is 0 Å². The van der Waals surface area contributed by atoms with Crippen LogP contribution in [-0.2, 0) is 25.7 Å². The molecule has 0 aliphatic heterocycles. The molecule has 0 aromatic heterocycles. The first-order chi connectivity index (χ1) is 9.85. The lowest BCUT2D eigenvalue weighted by Crippen LogP contribution is -2.12. The maximum absolute atomic E-state index is 5.54. The lowest BCUT2D eigenvalue weighted by Gasteiger charge is -2.25. The van der Waals surface area contributed by atoms with Crippen LogP contribution in [0.5, 0.6) is 5.75 Å². The summed E-state index contributed by atoms with van der Waals surface area (Å²) in [7, 11) is 1.78. The molecule has 2 aromatic rings. The highest BCUT2D eigenvalue weighted by Gasteiger charge is 2.21. The van der Waals surface area contributed by atoms with Crippen molar-refractivity contribution in [3.05, 3.63) is 63.7 Å². The van der Waals surface area contributed by atoms with Gasteiger partial charge in [0.05, 0.1) is 7.11 Å². The van der Waals surface area contributed by atoms with E-state index in [1.165, 1.54) is 47.9 Å². The van der Waals surface area contributed by atoms with Crippen LogP contribution in [0.25, 0.3) is 0 Å². The smallest absolute Gasteiger partial charge is 0.122 e. The predicted molar refractivity (Wildman–Crippen MR) is 81.7 cm³/mol. The first kappa shape index (κ1) is 12.0. The third-order valence-corrected chi connectivity index (χ3v) is 4.86. The topological polar surface area (TPSA) is 9.23 Å². The van der Waals surface area contributed by atoms with Gasteiger partial charge in [-0.2, -0.15) is 0 Å². The van der Waals surface area contributed by atoms with Gasteiger partial charge in [-0.1, -0.05) is 24.3 Å². The number of hydrogen-bond donors (Lipinski definition) is 0. The molecule has 4 rings (SSSR count). The Labute approximate surface area is 120 Å². The second-order valence-electron chi connectivity index (χ2n) is 6.05. The molecule has 0 saturated heterocycles. The maximum atomic E-state index is 5.54. The first-order valence-corrected chi connectivity index (χ1v) is 7.63. The van der Waals surface area contributed by atoms with Gasteiger partial charge in [0.1, 0.15) is 5.75 Å². The molecule has 0 heterocycles. The summed E-state index contributed by atoms with van der Waals surface area (Å²) in [5.74, 6) is 1.05. The molecule has 0 radical (unpaired) electrons. The summed E-state index contributed by atoms with van der Waals surface area (Å²) in [6.45, 7) is 0. The molecular weight excluding hydrogens is 244 g/mol. The number of fused-ring (bicyclic) bond motifs is 3. The van der Waals surface area contributed by atoms with E-state index in [2.05, 4.69) is 30.3 Å². The standard InChI is InChI=1S/C19H20O/c1-20-19-8-4-7-15-11-16-9-13-5-2-3-6-14(13)10-17(16)12-18(15)19/h4,7-10H,2-3,5-6,11-12H2,1H3. The number of benzene rings is 2. The summed E-state index contributed by atoms with van der Waals surface area (Å²) in [6.07, 6.45) is 7.34. The van der Waals surface area contributed by atoms with Gasteiger partial charge in [-0.15, -0.1) is 0 Å². The Balaban J connectivity index is 1.80. The Morgan fingerprint density at radius 3 is 2.20 bits per heavy atom. The molecule has 0 amide bonds. The summed E-state index contributed by atoms with van der Waals surface area (Å²) >= 11 is 0. The minimum atomic E-state index is 1.03. The van der Waals surface area contributed by atoms with Crippen LogP contribution in [0.15, 0.2) is 30.3 Å². The van der Waals surface area contributed by atoms with Crippen molar-refractivity contribution in [2.45, 2.75) is 38.5 Å². The minimum absolute atomic E-state index is 1.03. The third-order valence-electron chi connectivity index (χ3n) is 4.86. The SMILES string of the molecule is COc1cccc2c1Cc1cc3c(cc1C2)CCCC3. The van der Waals surface area contributed by atoms with Crippen LogP contribution in [0.3, 0.4) is 0 Å². The zero-order valence-corrected chi connectivity index (χ0v) is 12.0. The molecule has 102 valence electrons. The Kier molecular flexibility index (Phi) is 2.80. The van der Waals surface area contributed by atoms with Crippen LogP contribution in [0, 0.1) is 0 Å². The Morgan fingerprint density at radius 2 is 1.50 bits per heavy atom. The molecule has 0 saturated carbocycles. The molecule has 0 N–H and O–H groups in total. The van der Waals surface area contributed by atoms with Gasteiger partial charge in [-0.3, -0.25) is 0 Å². The van der Waals surface area contributed by atoms with Gasteiger partial charge in [0.2, 0.25) is 0 Å². The van der Waals surface area contributed by atoms with Crippen LogP contribution >= 0.6 is 0 Å². The van der Waals surface area contributed by atoms with E-state index in [0.717, 1.165) is 18.6 Å². The summed E-state index contributed by atoms with van der Waals surface area (Å²) < 4.78 is 5.54. The van der Waals surface area contributed by atoms with E-state index >= 15 is 0 Å². The highest BCUT2D eigenvalue weighted by molar-refractivity contribution is 5.53. The zero-order valence-electron chi connectivity index (χ0n) is 12.0. The molecule has 0 bridgehead atoms. The summed E-state index contributed by atoms with van der Waals surface area (Å²) in [4.78, 5) is 0. The van der Waals surface area contributed by atoms with Crippen molar-refractivity contribution < 1.29 is 4.74 Å². The van der Waals surface area contributed by atoms with Gasteiger partial charge in [0, 0.05) is 12.0 Å². The van der Waals surface area contributed by atoms with Gasteiger partial charge in [0.15, 0.2) is 0 Å². The number of ether oxygens (including phenoxy) is 1. The minimum Gasteiger partial charge on any atom is -0.496 e. The molecule has 1 nitrogen and oxygen atoms in total. The van der Waals surface area contributed by atoms with Gasteiger partial charge in [-0.05, 0) is 66.0 Å². The fraction of sp³-hybridized carbons (Fsp3) is 0.368. The fourth-order valence-electron chi connectivity index (χ4n) is 3.78. The number of rotatable bonds is 1. The van der Waals surface area contributed by atoms with Crippen LogP contribution in [0.2, 0.25) is 0 Å². The highest BCUT2D eigenvalue weighted by atomic mass is 16.5. The third kappa shape index (κ3) is 1.84. The summed E-state index contributed by atoms with van der Waals surface area (Å²) in [5.41, 5.74) is 9.06. The Bertz CT molecular complexity index is 670. The molecule has 20 heavy (non-hydrogen) atoms. The van der Waals surface area contributed by atoms with E-state index in [1.54, 1.807) is 18.2 Å². The largest absolute Gasteiger partial charge is 0.496 e. The first-order valence-electron chi connectivity index (χ1n) is 7.63. The van der Waals surface area contributed by atoms with Crippen molar-refractivity contribution in [1.29, 1.82) is 0 Å². The van der Waals surface area contributed by atoms with Crippen molar-refractivity contribution >= 4 is 0 Å². The van der Waals surface area contributed by atoms with Gasteiger partial charge < -0.3 is 4.74 Å². The second-order valence-corrected chi connectivity index (χ2v) is 6.05. The highest BCUT2D eigenvalue weighted by Crippen LogP contribution is 2.35. The molecule has 2 aliphatic rings. The molecule has 0 atom stereocenters. The quantitative estimate of drug-likeness (QED) is 0.644.